The fraction of sp³-hybridized carbons (Fsp3) is 0.0625. The number of carbonyl (C=O) groups is 1. The second-order valence-electron chi connectivity index (χ2n) is 4.69. The minimum Gasteiger partial charge on any atom is -0.321 e. The van der Waals surface area contributed by atoms with E-state index >= 15 is 0 Å². The molecule has 2 aromatic heterocycles. The molecule has 104 valence electrons. The molecule has 1 amide bonds. The number of anilines is 1. The highest BCUT2D eigenvalue weighted by Crippen LogP contribution is 2.16. The summed E-state index contributed by atoms with van der Waals surface area (Å²) in [6.45, 7) is 0. The maximum absolute atomic E-state index is 11.9. The molecule has 1 aromatic carbocycles. The van der Waals surface area contributed by atoms with Crippen LogP contribution in [0.25, 0.3) is 17.0 Å². The predicted octanol–water partition coefficient (Wildman–Crippen LogP) is 2.62. The molecule has 3 rings (SSSR count). The SMILES string of the molecule is Cn1cc(C=CC(=O)Nc2cnc3ccccc3c2)cn1. The van der Waals surface area contributed by atoms with Gasteiger partial charge in [-0.25, -0.2) is 0 Å². The van der Waals surface area contributed by atoms with Crippen molar-refractivity contribution in [3.05, 3.63) is 60.6 Å². The number of fused-ring (bicyclic) bond motifs is 1. The zero-order chi connectivity index (χ0) is 14.7. The normalized spacial score (nSPS) is 11.1. The van der Waals surface area contributed by atoms with Gasteiger partial charge in [0.05, 0.1) is 23.6 Å². The molecule has 0 bridgehead atoms. The maximum Gasteiger partial charge on any atom is 0.248 e. The Bertz CT molecular complexity index is 820. The fourth-order valence-corrected chi connectivity index (χ4v) is 2.02. The van der Waals surface area contributed by atoms with Gasteiger partial charge in [0, 0.05) is 30.3 Å². The standard InChI is InChI=1S/C16H14N4O/c1-20-11-12(9-18-20)6-7-16(21)19-14-8-13-4-2-3-5-15(13)17-10-14/h2-11H,1H3,(H,19,21). The largest absolute Gasteiger partial charge is 0.321 e. The quantitative estimate of drug-likeness (QED) is 0.749. The number of para-hydroxylation sites is 1. The van der Waals surface area contributed by atoms with Crippen LogP contribution in [0.3, 0.4) is 0 Å². The summed E-state index contributed by atoms with van der Waals surface area (Å²) < 4.78 is 1.69. The maximum atomic E-state index is 11.9. The summed E-state index contributed by atoms with van der Waals surface area (Å²) in [6, 6.07) is 9.67. The van der Waals surface area contributed by atoms with Gasteiger partial charge in [0.1, 0.15) is 0 Å². The van der Waals surface area contributed by atoms with E-state index in [0.717, 1.165) is 16.5 Å². The molecule has 0 atom stereocenters. The molecule has 5 nitrogen and oxygen atoms in total. The van der Waals surface area contributed by atoms with Gasteiger partial charge >= 0.3 is 0 Å². The molecule has 1 N–H and O–H groups in total. The molecule has 5 heteroatoms. The van der Waals surface area contributed by atoms with E-state index in [1.54, 1.807) is 23.2 Å². The number of rotatable bonds is 3. The lowest BCUT2D eigenvalue weighted by atomic mass is 10.2. The van der Waals surface area contributed by atoms with Crippen molar-refractivity contribution in [1.82, 2.24) is 14.8 Å². The second-order valence-corrected chi connectivity index (χ2v) is 4.69. The van der Waals surface area contributed by atoms with E-state index in [1.165, 1.54) is 6.08 Å². The van der Waals surface area contributed by atoms with Crippen LogP contribution in [-0.2, 0) is 11.8 Å². The molecule has 3 aromatic rings. The minimum atomic E-state index is -0.198. The van der Waals surface area contributed by atoms with Crippen LogP contribution in [0.2, 0.25) is 0 Å². The van der Waals surface area contributed by atoms with Gasteiger partial charge in [-0.2, -0.15) is 5.10 Å². The Labute approximate surface area is 121 Å². The monoisotopic (exact) mass is 278 g/mol. The van der Waals surface area contributed by atoms with Crippen molar-refractivity contribution < 1.29 is 4.79 Å². The third-order valence-corrected chi connectivity index (χ3v) is 3.01. The van der Waals surface area contributed by atoms with E-state index in [0.29, 0.717) is 5.69 Å². The highest BCUT2D eigenvalue weighted by molar-refractivity contribution is 6.02. The second kappa shape index (κ2) is 5.58. The van der Waals surface area contributed by atoms with Crippen molar-refractivity contribution >= 4 is 28.6 Å². The molecule has 0 radical (unpaired) electrons. The number of amides is 1. The van der Waals surface area contributed by atoms with Crippen molar-refractivity contribution in [1.29, 1.82) is 0 Å². The molecule has 0 fully saturated rings. The minimum absolute atomic E-state index is 0.198. The van der Waals surface area contributed by atoms with Crippen LogP contribution in [0.1, 0.15) is 5.56 Å². The van der Waals surface area contributed by atoms with Gasteiger partial charge in [-0.05, 0) is 18.2 Å². The van der Waals surface area contributed by atoms with Crippen LogP contribution >= 0.6 is 0 Å². The van der Waals surface area contributed by atoms with Crippen LogP contribution in [0, 0.1) is 0 Å². The van der Waals surface area contributed by atoms with Gasteiger partial charge in [0.2, 0.25) is 5.91 Å². The number of carbonyl (C=O) groups excluding carboxylic acids is 1. The summed E-state index contributed by atoms with van der Waals surface area (Å²) in [7, 11) is 1.83. The Morgan fingerprint density at radius 3 is 2.95 bits per heavy atom. The number of benzene rings is 1. The Kier molecular flexibility index (Phi) is 3.47. The van der Waals surface area contributed by atoms with E-state index in [-0.39, 0.29) is 5.91 Å². The molecular weight excluding hydrogens is 264 g/mol. The van der Waals surface area contributed by atoms with Crippen LogP contribution in [-0.4, -0.2) is 20.7 Å². The van der Waals surface area contributed by atoms with Crippen molar-refractivity contribution in [3.63, 3.8) is 0 Å². The van der Waals surface area contributed by atoms with Crippen molar-refractivity contribution in [2.45, 2.75) is 0 Å². The Morgan fingerprint density at radius 1 is 1.29 bits per heavy atom. The number of aryl methyl sites for hydroxylation is 1. The number of pyridine rings is 1. The molecule has 0 unspecified atom stereocenters. The van der Waals surface area contributed by atoms with Crippen molar-refractivity contribution in [2.75, 3.05) is 5.32 Å². The number of aromatic nitrogens is 3. The first-order valence-corrected chi connectivity index (χ1v) is 6.53. The lowest BCUT2D eigenvalue weighted by Gasteiger charge is -2.03. The van der Waals surface area contributed by atoms with Crippen LogP contribution in [0.15, 0.2) is 55.0 Å². The Balaban J connectivity index is 1.72. The molecule has 0 aliphatic heterocycles. The Hall–Kier alpha value is -2.95. The Morgan fingerprint density at radius 2 is 2.14 bits per heavy atom. The van der Waals surface area contributed by atoms with Gasteiger partial charge in [0.25, 0.3) is 0 Å². The highest BCUT2D eigenvalue weighted by atomic mass is 16.1. The summed E-state index contributed by atoms with van der Waals surface area (Å²) in [5.41, 5.74) is 2.46. The topological polar surface area (TPSA) is 59.8 Å². The zero-order valence-electron chi connectivity index (χ0n) is 11.5. The first-order chi connectivity index (χ1) is 10.2. The highest BCUT2D eigenvalue weighted by Gasteiger charge is 2.01. The van der Waals surface area contributed by atoms with Crippen LogP contribution in [0.4, 0.5) is 5.69 Å². The first kappa shape index (κ1) is 13.1. The lowest BCUT2D eigenvalue weighted by Crippen LogP contribution is -2.07. The van der Waals surface area contributed by atoms with Gasteiger partial charge in [0.15, 0.2) is 0 Å². The molecule has 0 aliphatic rings. The summed E-state index contributed by atoms with van der Waals surface area (Å²) in [4.78, 5) is 16.2. The van der Waals surface area contributed by atoms with E-state index in [1.807, 2.05) is 43.6 Å². The number of hydrogen-bond acceptors (Lipinski definition) is 3. The zero-order valence-corrected chi connectivity index (χ0v) is 11.5. The van der Waals surface area contributed by atoms with Crippen LogP contribution < -0.4 is 5.32 Å². The molecule has 0 saturated heterocycles. The molecule has 0 spiro atoms. The van der Waals surface area contributed by atoms with Gasteiger partial charge in [-0.15, -0.1) is 0 Å². The summed E-state index contributed by atoms with van der Waals surface area (Å²) in [5, 5.41) is 7.82. The predicted molar refractivity (Wildman–Crippen MR) is 82.6 cm³/mol. The molecule has 0 saturated carbocycles. The number of nitrogens with zero attached hydrogens (tertiary/aromatic N) is 3. The smallest absolute Gasteiger partial charge is 0.248 e. The first-order valence-electron chi connectivity index (χ1n) is 6.53. The summed E-state index contributed by atoms with van der Waals surface area (Å²) >= 11 is 0. The molecule has 21 heavy (non-hydrogen) atoms. The van der Waals surface area contributed by atoms with Gasteiger partial charge in [-0.3, -0.25) is 14.5 Å². The third kappa shape index (κ3) is 3.14. The molecule has 0 aliphatic carbocycles. The number of nitrogens with one attached hydrogen (secondary N) is 1. The van der Waals surface area contributed by atoms with Crippen molar-refractivity contribution in [2.24, 2.45) is 7.05 Å². The van der Waals surface area contributed by atoms with E-state index in [9.17, 15) is 4.79 Å². The molecular formula is C16H14N4O. The molecule has 2 heterocycles. The number of hydrogen-bond donors (Lipinski definition) is 1. The van der Waals surface area contributed by atoms with Gasteiger partial charge in [-0.1, -0.05) is 18.2 Å². The average Bonchev–Trinajstić information content (AvgIpc) is 2.91. The summed E-state index contributed by atoms with van der Waals surface area (Å²) in [6.07, 6.45) is 8.38. The van der Waals surface area contributed by atoms with E-state index in [2.05, 4.69) is 15.4 Å². The van der Waals surface area contributed by atoms with Crippen molar-refractivity contribution in [3.8, 4) is 0 Å². The van der Waals surface area contributed by atoms with E-state index < -0.39 is 0 Å². The fourth-order valence-electron chi connectivity index (χ4n) is 2.02. The van der Waals surface area contributed by atoms with E-state index in [4.69, 9.17) is 0 Å². The lowest BCUT2D eigenvalue weighted by molar-refractivity contribution is -0.111. The summed E-state index contributed by atoms with van der Waals surface area (Å²) in [5.74, 6) is -0.198. The average molecular weight is 278 g/mol. The third-order valence-electron chi connectivity index (χ3n) is 3.01. The van der Waals surface area contributed by atoms with Crippen LogP contribution in [0.5, 0.6) is 0 Å². The van der Waals surface area contributed by atoms with Gasteiger partial charge < -0.3 is 5.32 Å².